The molecule has 0 spiro atoms. The molecule has 0 aromatic heterocycles. The van der Waals surface area contributed by atoms with Crippen LogP contribution in [0.15, 0.2) is 54.6 Å². The summed E-state index contributed by atoms with van der Waals surface area (Å²) >= 11 is 0. The number of benzene rings is 2. The summed E-state index contributed by atoms with van der Waals surface area (Å²) in [5.74, 6) is -5.29. The van der Waals surface area contributed by atoms with Gasteiger partial charge in [0.2, 0.25) is 0 Å². The second-order valence-corrected chi connectivity index (χ2v) is 7.97. The highest BCUT2D eigenvalue weighted by molar-refractivity contribution is 7.39. The maximum atomic E-state index is 12.3. The Morgan fingerprint density at radius 3 is 2.07 bits per heavy atom. The van der Waals surface area contributed by atoms with E-state index in [0.717, 1.165) is 0 Å². The van der Waals surface area contributed by atoms with Gasteiger partial charge in [-0.05, 0) is 24.1 Å². The molecule has 0 bridgehead atoms. The van der Waals surface area contributed by atoms with E-state index in [-0.39, 0.29) is 17.7 Å². The van der Waals surface area contributed by atoms with Crippen LogP contribution in [-0.2, 0) is 14.2 Å². The zero-order valence-corrected chi connectivity index (χ0v) is 16.8. The van der Waals surface area contributed by atoms with E-state index in [2.05, 4.69) is 5.32 Å². The summed E-state index contributed by atoms with van der Waals surface area (Å²) in [7, 11) is -3.49. The first kappa shape index (κ1) is 23.1. The monoisotopic (exact) mass is 435 g/mol. The van der Waals surface area contributed by atoms with Gasteiger partial charge in [0, 0.05) is 12.1 Å². The quantitative estimate of drug-likeness (QED) is 0.334. The minimum atomic E-state index is -3.49. The lowest BCUT2D eigenvalue weighted by molar-refractivity contribution is -0.143. The van der Waals surface area contributed by atoms with Crippen LogP contribution >= 0.6 is 8.03 Å². The summed E-state index contributed by atoms with van der Waals surface area (Å²) in [4.78, 5) is 44.5. The van der Waals surface area contributed by atoms with E-state index in [1.54, 1.807) is 36.4 Å². The Morgan fingerprint density at radius 1 is 0.933 bits per heavy atom. The first-order chi connectivity index (χ1) is 14.2. The predicted octanol–water partition coefficient (Wildman–Crippen LogP) is 2.94. The fourth-order valence-corrected chi connectivity index (χ4v) is 4.50. The second-order valence-electron chi connectivity index (χ2n) is 6.62. The molecular formula is C20H22NO8P. The van der Waals surface area contributed by atoms with Crippen molar-refractivity contribution in [2.75, 3.05) is 5.32 Å². The van der Waals surface area contributed by atoms with E-state index in [1.807, 2.05) is 0 Å². The van der Waals surface area contributed by atoms with Gasteiger partial charge in [0.25, 0.3) is 0 Å². The Labute approximate surface area is 172 Å². The Balaban J connectivity index is 2.56. The van der Waals surface area contributed by atoms with Crippen molar-refractivity contribution < 1.29 is 39.2 Å². The molecule has 2 aromatic rings. The van der Waals surface area contributed by atoms with Gasteiger partial charge >= 0.3 is 17.9 Å². The molecule has 9 nitrogen and oxygen atoms in total. The molecule has 0 fully saturated rings. The molecule has 0 radical (unpaired) electrons. The summed E-state index contributed by atoms with van der Waals surface area (Å²) in [6, 6.07) is 13.1. The van der Waals surface area contributed by atoms with Gasteiger partial charge in [-0.3, -0.25) is 14.2 Å². The molecule has 0 heterocycles. The average molecular weight is 435 g/mol. The molecule has 5 N–H and O–H groups in total. The third-order valence-electron chi connectivity index (χ3n) is 4.69. The predicted molar refractivity (Wildman–Crippen MR) is 109 cm³/mol. The van der Waals surface area contributed by atoms with Crippen molar-refractivity contribution >= 4 is 31.6 Å². The molecular weight excluding hydrogens is 413 g/mol. The van der Waals surface area contributed by atoms with Crippen LogP contribution in [0.1, 0.15) is 34.8 Å². The maximum Gasteiger partial charge on any atom is 0.337 e. The van der Waals surface area contributed by atoms with Crippen LogP contribution in [0, 0.1) is 5.92 Å². The van der Waals surface area contributed by atoms with Gasteiger partial charge in [0.1, 0.15) is 0 Å². The summed E-state index contributed by atoms with van der Waals surface area (Å²) in [5.41, 5.74) is -0.852. The van der Waals surface area contributed by atoms with Crippen LogP contribution in [0.4, 0.5) is 5.69 Å². The lowest BCUT2D eigenvalue weighted by atomic mass is 9.90. The third kappa shape index (κ3) is 5.92. The Kier molecular flexibility index (Phi) is 8.15. The van der Waals surface area contributed by atoms with Gasteiger partial charge in [0.15, 0.2) is 8.03 Å². The molecule has 0 aliphatic heterocycles. The van der Waals surface area contributed by atoms with E-state index in [0.29, 0.717) is 5.56 Å². The van der Waals surface area contributed by atoms with Crippen molar-refractivity contribution in [2.24, 2.45) is 5.92 Å². The molecule has 4 atom stereocenters. The van der Waals surface area contributed by atoms with Gasteiger partial charge < -0.3 is 25.5 Å². The highest BCUT2D eigenvalue weighted by Crippen LogP contribution is 2.42. The van der Waals surface area contributed by atoms with Gasteiger partial charge in [0.05, 0.1) is 23.2 Å². The molecule has 30 heavy (non-hydrogen) atoms. The second kappa shape index (κ2) is 10.6. The number of hydrogen-bond acceptors (Lipinski definition) is 5. The number of hydrogen-bond donors (Lipinski definition) is 5. The van der Waals surface area contributed by atoms with Gasteiger partial charge in [-0.2, -0.15) is 0 Å². The minimum Gasteiger partial charge on any atom is -0.481 e. The van der Waals surface area contributed by atoms with Crippen molar-refractivity contribution in [3.8, 4) is 0 Å². The number of anilines is 1. The first-order valence-corrected chi connectivity index (χ1v) is 10.5. The lowest BCUT2D eigenvalue weighted by Crippen LogP contribution is -2.35. The van der Waals surface area contributed by atoms with Crippen molar-refractivity contribution in [2.45, 2.75) is 24.5 Å². The van der Waals surface area contributed by atoms with Crippen molar-refractivity contribution in [3.05, 3.63) is 65.7 Å². The summed E-state index contributed by atoms with van der Waals surface area (Å²) < 4.78 is 12.3. The van der Waals surface area contributed by atoms with Crippen LogP contribution in [0.5, 0.6) is 0 Å². The van der Waals surface area contributed by atoms with Crippen molar-refractivity contribution in [3.63, 3.8) is 0 Å². The van der Waals surface area contributed by atoms with E-state index in [9.17, 15) is 34.1 Å². The highest BCUT2D eigenvalue weighted by Gasteiger charge is 2.39. The van der Waals surface area contributed by atoms with Crippen LogP contribution < -0.4 is 5.32 Å². The smallest absolute Gasteiger partial charge is 0.337 e. The number of aliphatic carboxylic acids is 2. The molecule has 0 saturated carbocycles. The Bertz CT molecular complexity index is 933. The normalized spacial score (nSPS) is 14.8. The molecule has 0 aliphatic carbocycles. The molecule has 0 aliphatic rings. The van der Waals surface area contributed by atoms with Gasteiger partial charge in [-0.15, -0.1) is 0 Å². The van der Waals surface area contributed by atoms with E-state index in [4.69, 9.17) is 5.11 Å². The average Bonchev–Trinajstić information content (AvgIpc) is 2.70. The number of carboxylic acids is 3. The van der Waals surface area contributed by atoms with Gasteiger partial charge in [-0.25, -0.2) is 4.79 Å². The van der Waals surface area contributed by atoms with Crippen LogP contribution in [0.25, 0.3) is 0 Å². The van der Waals surface area contributed by atoms with E-state index >= 15 is 0 Å². The molecule has 0 saturated heterocycles. The SMILES string of the molecule is O=C(O)CCC(C(=O)O)C(C(Nc1ccccc1C(=O)O)c1ccccc1)[PH](=O)O. The molecule has 4 unspecified atom stereocenters. The number of nitrogens with one attached hydrogen (secondary N) is 1. The molecule has 2 rings (SSSR count). The van der Waals surface area contributed by atoms with Gasteiger partial charge in [-0.1, -0.05) is 42.5 Å². The van der Waals surface area contributed by atoms with E-state index in [1.165, 1.54) is 18.2 Å². The Hall–Kier alpha value is -3.16. The number of aromatic carboxylic acids is 1. The minimum absolute atomic E-state index is 0.0906. The summed E-state index contributed by atoms with van der Waals surface area (Å²) in [6.45, 7) is 0. The molecule has 10 heteroatoms. The fraction of sp³-hybridized carbons (Fsp3) is 0.250. The summed E-state index contributed by atoms with van der Waals surface area (Å²) in [6.07, 6.45) is -0.840. The number of carboxylic acid groups (broad SMARTS) is 3. The molecule has 0 amide bonds. The largest absolute Gasteiger partial charge is 0.481 e. The fourth-order valence-electron chi connectivity index (χ4n) is 3.29. The zero-order valence-electron chi connectivity index (χ0n) is 15.8. The lowest BCUT2D eigenvalue weighted by Gasteiger charge is -2.31. The van der Waals surface area contributed by atoms with Crippen LogP contribution in [-0.4, -0.2) is 43.8 Å². The standard InChI is InChI=1S/C20H22NO8P/c22-16(23)11-10-14(20(26)27)18(30(28)29)17(12-6-2-1-3-7-12)21-15-9-5-4-8-13(15)19(24)25/h1-9,14,17-18,21,30H,10-11H2,(H,22,23)(H,24,25)(H,26,27)(H,28,29). The van der Waals surface area contributed by atoms with E-state index < -0.39 is 50.0 Å². The molecule has 160 valence electrons. The molecule has 2 aromatic carbocycles. The number of para-hydroxylation sites is 1. The summed E-state index contributed by atoms with van der Waals surface area (Å²) in [5, 5.41) is 31.0. The number of rotatable bonds is 11. The topological polar surface area (TPSA) is 161 Å². The zero-order chi connectivity index (χ0) is 22.3. The van der Waals surface area contributed by atoms with Crippen LogP contribution in [0.2, 0.25) is 0 Å². The highest BCUT2D eigenvalue weighted by atomic mass is 31.1. The van der Waals surface area contributed by atoms with Crippen molar-refractivity contribution in [1.82, 2.24) is 0 Å². The van der Waals surface area contributed by atoms with Crippen LogP contribution in [0.3, 0.4) is 0 Å². The number of carbonyl (C=O) groups is 3. The maximum absolute atomic E-state index is 12.3. The first-order valence-electron chi connectivity index (χ1n) is 9.03. The third-order valence-corrected chi connectivity index (χ3v) is 6.00. The Morgan fingerprint density at radius 2 is 1.53 bits per heavy atom. The van der Waals surface area contributed by atoms with Crippen molar-refractivity contribution in [1.29, 1.82) is 0 Å².